The van der Waals surface area contributed by atoms with Crippen LogP contribution in [0.4, 0.5) is 17.3 Å². The molecule has 0 aliphatic carbocycles. The fourth-order valence-electron chi connectivity index (χ4n) is 3.21. The van der Waals surface area contributed by atoms with Gasteiger partial charge in [0.25, 0.3) is 5.91 Å². The highest BCUT2D eigenvalue weighted by Crippen LogP contribution is 2.19. The lowest BCUT2D eigenvalue weighted by molar-refractivity contribution is 0.102. The summed E-state index contributed by atoms with van der Waals surface area (Å²) >= 11 is 0. The number of hydrogen-bond donors (Lipinski definition) is 1. The molecule has 0 saturated carbocycles. The van der Waals surface area contributed by atoms with Crippen molar-refractivity contribution >= 4 is 23.2 Å². The number of benzene rings is 1. The van der Waals surface area contributed by atoms with Gasteiger partial charge in [-0.2, -0.15) is 5.26 Å². The van der Waals surface area contributed by atoms with E-state index in [1.165, 1.54) is 0 Å². The minimum Gasteiger partial charge on any atom is -0.367 e. The molecule has 1 amide bonds. The fourth-order valence-corrected chi connectivity index (χ4v) is 3.21. The lowest BCUT2D eigenvalue weighted by Crippen LogP contribution is -2.47. The second-order valence-corrected chi connectivity index (χ2v) is 6.60. The van der Waals surface area contributed by atoms with Gasteiger partial charge in [-0.3, -0.25) is 9.78 Å². The van der Waals surface area contributed by atoms with Crippen LogP contribution < -0.4 is 15.1 Å². The van der Waals surface area contributed by atoms with Crippen LogP contribution in [0.3, 0.4) is 0 Å². The number of rotatable bonds is 4. The van der Waals surface area contributed by atoms with Crippen molar-refractivity contribution in [2.45, 2.75) is 0 Å². The first-order valence-corrected chi connectivity index (χ1v) is 9.26. The monoisotopic (exact) mass is 385 g/mol. The molecular formula is C21H19N7O. The third-order valence-electron chi connectivity index (χ3n) is 4.72. The van der Waals surface area contributed by atoms with Gasteiger partial charge < -0.3 is 15.1 Å². The molecule has 1 saturated heterocycles. The average Bonchev–Trinajstić information content (AvgIpc) is 2.80. The predicted molar refractivity (Wildman–Crippen MR) is 110 cm³/mol. The second kappa shape index (κ2) is 8.35. The van der Waals surface area contributed by atoms with E-state index in [1.807, 2.05) is 6.07 Å². The SMILES string of the molecule is N#Cc1cccc(NC(=O)c2cncc(N3CCN(c4ncccn4)CC3)c2)c1. The van der Waals surface area contributed by atoms with Gasteiger partial charge in [-0.1, -0.05) is 6.07 Å². The Bertz CT molecular complexity index is 1040. The third kappa shape index (κ3) is 4.30. The van der Waals surface area contributed by atoms with E-state index < -0.39 is 0 Å². The lowest BCUT2D eigenvalue weighted by atomic mass is 10.2. The van der Waals surface area contributed by atoms with Gasteiger partial charge in [-0.25, -0.2) is 9.97 Å². The van der Waals surface area contributed by atoms with E-state index in [2.05, 4.69) is 36.1 Å². The zero-order valence-electron chi connectivity index (χ0n) is 15.7. The van der Waals surface area contributed by atoms with Crippen LogP contribution in [-0.2, 0) is 0 Å². The fraction of sp³-hybridized carbons (Fsp3) is 0.190. The van der Waals surface area contributed by atoms with Crippen molar-refractivity contribution in [2.24, 2.45) is 0 Å². The molecule has 0 atom stereocenters. The van der Waals surface area contributed by atoms with Crippen molar-refractivity contribution in [3.63, 3.8) is 0 Å². The summed E-state index contributed by atoms with van der Waals surface area (Å²) in [5.41, 5.74) is 2.45. The average molecular weight is 385 g/mol. The van der Waals surface area contributed by atoms with Gasteiger partial charge in [0.05, 0.1) is 29.1 Å². The quantitative estimate of drug-likeness (QED) is 0.736. The van der Waals surface area contributed by atoms with Gasteiger partial charge in [-0.05, 0) is 30.3 Å². The van der Waals surface area contributed by atoms with E-state index in [9.17, 15) is 4.79 Å². The molecule has 0 radical (unpaired) electrons. The highest BCUT2D eigenvalue weighted by atomic mass is 16.1. The zero-order chi connectivity index (χ0) is 20.1. The number of carbonyl (C=O) groups excluding carboxylic acids is 1. The third-order valence-corrected chi connectivity index (χ3v) is 4.72. The minimum absolute atomic E-state index is 0.259. The van der Waals surface area contributed by atoms with Crippen LogP contribution in [0, 0.1) is 11.3 Å². The lowest BCUT2D eigenvalue weighted by Gasteiger charge is -2.35. The predicted octanol–water partition coefficient (Wildman–Crippen LogP) is 2.32. The minimum atomic E-state index is -0.259. The van der Waals surface area contributed by atoms with E-state index in [0.717, 1.165) is 37.8 Å². The number of hydrogen-bond acceptors (Lipinski definition) is 7. The Morgan fingerprint density at radius 1 is 1.00 bits per heavy atom. The zero-order valence-corrected chi connectivity index (χ0v) is 15.7. The van der Waals surface area contributed by atoms with Gasteiger partial charge in [-0.15, -0.1) is 0 Å². The maximum absolute atomic E-state index is 12.6. The molecule has 3 aromatic rings. The van der Waals surface area contributed by atoms with Crippen LogP contribution >= 0.6 is 0 Å². The summed E-state index contributed by atoms with van der Waals surface area (Å²) in [6.07, 6.45) is 6.79. The van der Waals surface area contributed by atoms with Crippen LogP contribution in [0.25, 0.3) is 0 Å². The molecule has 144 valence electrons. The largest absolute Gasteiger partial charge is 0.367 e. The normalized spacial score (nSPS) is 13.6. The summed E-state index contributed by atoms with van der Waals surface area (Å²) in [4.78, 5) is 29.8. The molecule has 0 unspecified atom stereocenters. The Balaban J connectivity index is 1.42. The van der Waals surface area contributed by atoms with E-state index >= 15 is 0 Å². The summed E-state index contributed by atoms with van der Waals surface area (Å²) in [6, 6.07) is 12.5. The highest BCUT2D eigenvalue weighted by Gasteiger charge is 2.20. The number of carbonyl (C=O) groups is 1. The second-order valence-electron chi connectivity index (χ2n) is 6.60. The van der Waals surface area contributed by atoms with Gasteiger partial charge in [0.2, 0.25) is 5.95 Å². The molecule has 0 spiro atoms. The van der Waals surface area contributed by atoms with Crippen LogP contribution in [0.5, 0.6) is 0 Å². The van der Waals surface area contributed by atoms with Crippen LogP contribution in [0.2, 0.25) is 0 Å². The molecule has 4 rings (SSSR count). The first kappa shape index (κ1) is 18.4. The molecule has 1 N–H and O–H groups in total. The van der Waals surface area contributed by atoms with Gasteiger partial charge in [0, 0.05) is 50.5 Å². The highest BCUT2D eigenvalue weighted by molar-refractivity contribution is 6.04. The Hall–Kier alpha value is -3.99. The summed E-state index contributed by atoms with van der Waals surface area (Å²) in [5.74, 6) is 0.476. The van der Waals surface area contributed by atoms with Crippen molar-refractivity contribution in [2.75, 3.05) is 41.3 Å². The molecule has 3 heterocycles. The van der Waals surface area contributed by atoms with Gasteiger partial charge in [0.1, 0.15) is 0 Å². The Kier molecular flexibility index (Phi) is 5.29. The topological polar surface area (TPSA) is 98.0 Å². The number of anilines is 3. The summed E-state index contributed by atoms with van der Waals surface area (Å²) in [6.45, 7) is 3.16. The number of pyridine rings is 1. The molecular weight excluding hydrogens is 366 g/mol. The Morgan fingerprint density at radius 2 is 1.76 bits per heavy atom. The smallest absolute Gasteiger partial charge is 0.257 e. The van der Waals surface area contributed by atoms with E-state index in [1.54, 1.807) is 55.1 Å². The molecule has 0 bridgehead atoms. The number of nitrogens with one attached hydrogen (secondary N) is 1. The maximum atomic E-state index is 12.6. The van der Waals surface area contributed by atoms with E-state index in [0.29, 0.717) is 16.8 Å². The number of nitrogens with zero attached hydrogens (tertiary/aromatic N) is 6. The summed E-state index contributed by atoms with van der Waals surface area (Å²) < 4.78 is 0. The van der Waals surface area contributed by atoms with Gasteiger partial charge in [0.15, 0.2) is 0 Å². The standard InChI is InChI=1S/C21H19N7O/c22-13-16-3-1-4-18(11-16)26-20(29)17-12-19(15-23-14-17)27-7-9-28(10-8-27)21-24-5-2-6-25-21/h1-6,11-12,14-15H,7-10H2,(H,26,29). The Morgan fingerprint density at radius 3 is 2.52 bits per heavy atom. The molecule has 8 heteroatoms. The first-order valence-electron chi connectivity index (χ1n) is 9.26. The number of amides is 1. The molecule has 1 aliphatic rings. The van der Waals surface area contributed by atoms with Crippen molar-refractivity contribution < 1.29 is 4.79 Å². The molecule has 29 heavy (non-hydrogen) atoms. The van der Waals surface area contributed by atoms with Crippen LogP contribution in [-0.4, -0.2) is 47.0 Å². The molecule has 1 fully saturated rings. The van der Waals surface area contributed by atoms with Crippen molar-refractivity contribution in [1.29, 1.82) is 5.26 Å². The van der Waals surface area contributed by atoms with Crippen molar-refractivity contribution in [3.05, 3.63) is 72.3 Å². The van der Waals surface area contributed by atoms with Gasteiger partial charge >= 0.3 is 0 Å². The molecule has 1 aromatic carbocycles. The first-order chi connectivity index (χ1) is 14.2. The number of piperazine rings is 1. The van der Waals surface area contributed by atoms with Crippen molar-refractivity contribution in [1.82, 2.24) is 15.0 Å². The van der Waals surface area contributed by atoms with E-state index in [-0.39, 0.29) is 5.91 Å². The summed E-state index contributed by atoms with van der Waals surface area (Å²) in [7, 11) is 0. The molecule has 2 aromatic heterocycles. The van der Waals surface area contributed by atoms with Crippen LogP contribution in [0.1, 0.15) is 15.9 Å². The Labute approximate surface area is 168 Å². The van der Waals surface area contributed by atoms with E-state index in [4.69, 9.17) is 5.26 Å². The number of aromatic nitrogens is 3. The molecule has 8 nitrogen and oxygen atoms in total. The summed E-state index contributed by atoms with van der Waals surface area (Å²) in [5, 5.41) is 11.8. The maximum Gasteiger partial charge on any atom is 0.257 e. The van der Waals surface area contributed by atoms with Crippen molar-refractivity contribution in [3.8, 4) is 6.07 Å². The number of nitriles is 1. The van der Waals surface area contributed by atoms with Crippen LogP contribution in [0.15, 0.2) is 61.2 Å². The molecule has 1 aliphatic heterocycles.